The van der Waals surface area contributed by atoms with E-state index in [1.54, 1.807) is 13.2 Å². The molecule has 0 aromatic heterocycles. The third kappa shape index (κ3) is 2.52. The van der Waals surface area contributed by atoms with E-state index < -0.39 is 0 Å². The fourth-order valence-electron chi connectivity index (χ4n) is 2.28. The highest BCUT2D eigenvalue weighted by atomic mass is 35.5. The number of hydrogen-bond acceptors (Lipinski definition) is 2. The molecule has 0 saturated carbocycles. The van der Waals surface area contributed by atoms with Crippen molar-refractivity contribution in [3.63, 3.8) is 0 Å². The quantitative estimate of drug-likeness (QED) is 0.761. The van der Waals surface area contributed by atoms with Crippen LogP contribution in [0.25, 0.3) is 5.57 Å². The van der Waals surface area contributed by atoms with Crippen molar-refractivity contribution in [3.05, 3.63) is 34.4 Å². The van der Waals surface area contributed by atoms with Crippen LogP contribution in [0.1, 0.15) is 31.2 Å². The van der Waals surface area contributed by atoms with Gasteiger partial charge >= 0.3 is 0 Å². The van der Waals surface area contributed by atoms with Crippen LogP contribution < -0.4 is 4.74 Å². The molecule has 0 N–H and O–H groups in total. The number of aldehydes is 1. The number of ether oxygens (including phenoxy) is 1. The number of allylic oxidation sites excluding steroid dienone is 2. The Morgan fingerprint density at radius 3 is 2.76 bits per heavy atom. The van der Waals surface area contributed by atoms with E-state index in [2.05, 4.69) is 0 Å². The molecule has 0 heterocycles. The fourth-order valence-corrected chi connectivity index (χ4v) is 2.45. The molecule has 0 atom stereocenters. The van der Waals surface area contributed by atoms with E-state index >= 15 is 0 Å². The number of benzene rings is 1. The SMILES string of the molecule is COc1ccc(Cl)cc1C1=C(C=O)CCCC1. The predicted molar refractivity (Wildman–Crippen MR) is 69.5 cm³/mol. The number of rotatable bonds is 3. The molecule has 17 heavy (non-hydrogen) atoms. The lowest BCUT2D eigenvalue weighted by atomic mass is 9.87. The van der Waals surface area contributed by atoms with Gasteiger partial charge in [0.25, 0.3) is 0 Å². The second-order valence-electron chi connectivity index (χ2n) is 4.17. The summed E-state index contributed by atoms with van der Waals surface area (Å²) in [5.74, 6) is 0.783. The van der Waals surface area contributed by atoms with E-state index in [-0.39, 0.29) is 0 Å². The van der Waals surface area contributed by atoms with Crippen LogP contribution in [-0.4, -0.2) is 13.4 Å². The molecule has 3 heteroatoms. The monoisotopic (exact) mass is 250 g/mol. The minimum atomic E-state index is 0.670. The van der Waals surface area contributed by atoms with Crippen LogP contribution in [0.2, 0.25) is 5.02 Å². The van der Waals surface area contributed by atoms with E-state index in [4.69, 9.17) is 16.3 Å². The summed E-state index contributed by atoms with van der Waals surface area (Å²) in [7, 11) is 1.64. The van der Waals surface area contributed by atoms with Crippen molar-refractivity contribution in [3.8, 4) is 5.75 Å². The van der Waals surface area contributed by atoms with Gasteiger partial charge in [0, 0.05) is 10.6 Å². The molecular weight excluding hydrogens is 236 g/mol. The maximum Gasteiger partial charge on any atom is 0.146 e. The maximum atomic E-state index is 11.1. The summed E-state index contributed by atoms with van der Waals surface area (Å²) in [5, 5.41) is 0.670. The Hall–Kier alpha value is -1.28. The molecule has 0 amide bonds. The molecule has 0 saturated heterocycles. The predicted octanol–water partition coefficient (Wildman–Crippen LogP) is 3.88. The molecule has 2 nitrogen and oxygen atoms in total. The lowest BCUT2D eigenvalue weighted by Crippen LogP contribution is -2.02. The van der Waals surface area contributed by atoms with Crippen molar-refractivity contribution in [1.29, 1.82) is 0 Å². The maximum absolute atomic E-state index is 11.1. The van der Waals surface area contributed by atoms with E-state index in [1.165, 1.54) is 0 Å². The van der Waals surface area contributed by atoms with Gasteiger partial charge < -0.3 is 4.74 Å². The second-order valence-corrected chi connectivity index (χ2v) is 4.61. The minimum absolute atomic E-state index is 0.670. The van der Waals surface area contributed by atoms with Gasteiger partial charge in [0.2, 0.25) is 0 Å². The van der Waals surface area contributed by atoms with Crippen LogP contribution >= 0.6 is 11.6 Å². The molecule has 0 unspecified atom stereocenters. The Morgan fingerprint density at radius 2 is 2.06 bits per heavy atom. The molecule has 1 aromatic carbocycles. The van der Waals surface area contributed by atoms with Crippen LogP contribution in [0, 0.1) is 0 Å². The van der Waals surface area contributed by atoms with Gasteiger partial charge in [-0.3, -0.25) is 4.79 Å². The molecule has 0 radical (unpaired) electrons. The summed E-state index contributed by atoms with van der Waals surface area (Å²) < 4.78 is 5.34. The highest BCUT2D eigenvalue weighted by molar-refractivity contribution is 6.30. The molecule has 1 aliphatic rings. The van der Waals surface area contributed by atoms with Crippen LogP contribution in [0.4, 0.5) is 0 Å². The molecule has 1 aromatic rings. The lowest BCUT2D eigenvalue weighted by molar-refractivity contribution is -0.105. The van der Waals surface area contributed by atoms with Crippen LogP contribution in [0.3, 0.4) is 0 Å². The van der Waals surface area contributed by atoms with Crippen molar-refractivity contribution in [2.45, 2.75) is 25.7 Å². The van der Waals surface area contributed by atoms with E-state index in [0.717, 1.165) is 54.4 Å². The van der Waals surface area contributed by atoms with Gasteiger partial charge in [-0.05, 0) is 55.0 Å². The first kappa shape index (κ1) is 12.2. The Morgan fingerprint density at radius 1 is 1.29 bits per heavy atom. The van der Waals surface area contributed by atoms with Gasteiger partial charge in [-0.15, -0.1) is 0 Å². The van der Waals surface area contributed by atoms with E-state index in [1.807, 2.05) is 12.1 Å². The second kappa shape index (κ2) is 5.37. The number of halogens is 1. The molecule has 0 fully saturated rings. The molecule has 0 aliphatic heterocycles. The van der Waals surface area contributed by atoms with Crippen molar-refractivity contribution in [1.82, 2.24) is 0 Å². The van der Waals surface area contributed by atoms with Crippen LogP contribution in [-0.2, 0) is 4.79 Å². The number of carbonyl (C=O) groups is 1. The van der Waals surface area contributed by atoms with Gasteiger partial charge in [0.15, 0.2) is 0 Å². The van der Waals surface area contributed by atoms with Gasteiger partial charge in [-0.1, -0.05) is 11.6 Å². The summed E-state index contributed by atoms with van der Waals surface area (Å²) in [6.07, 6.45) is 4.94. The summed E-state index contributed by atoms with van der Waals surface area (Å²) >= 11 is 6.02. The zero-order chi connectivity index (χ0) is 12.3. The Kier molecular flexibility index (Phi) is 3.85. The molecule has 0 spiro atoms. The summed E-state index contributed by atoms with van der Waals surface area (Å²) in [6.45, 7) is 0. The van der Waals surface area contributed by atoms with Gasteiger partial charge in [-0.2, -0.15) is 0 Å². The van der Waals surface area contributed by atoms with E-state index in [9.17, 15) is 4.79 Å². The Balaban J connectivity index is 2.54. The van der Waals surface area contributed by atoms with Gasteiger partial charge in [-0.25, -0.2) is 0 Å². The standard InChI is InChI=1S/C14H15ClO2/c1-17-14-7-6-11(15)8-13(14)12-5-3-2-4-10(12)9-16/h6-9H,2-5H2,1H3. The molecule has 1 aliphatic carbocycles. The van der Waals surface area contributed by atoms with Crippen molar-refractivity contribution in [2.75, 3.05) is 7.11 Å². The van der Waals surface area contributed by atoms with Gasteiger partial charge in [0.05, 0.1) is 7.11 Å². The highest BCUT2D eigenvalue weighted by Gasteiger charge is 2.17. The number of carbonyl (C=O) groups excluding carboxylic acids is 1. The molecular formula is C14H15ClO2. The van der Waals surface area contributed by atoms with E-state index in [0.29, 0.717) is 5.02 Å². The highest BCUT2D eigenvalue weighted by Crippen LogP contribution is 2.37. The third-order valence-electron chi connectivity index (χ3n) is 3.14. The Bertz CT molecular complexity index is 463. The molecule has 90 valence electrons. The minimum Gasteiger partial charge on any atom is -0.496 e. The summed E-state index contributed by atoms with van der Waals surface area (Å²) in [4.78, 5) is 11.1. The van der Waals surface area contributed by atoms with Crippen molar-refractivity contribution in [2.24, 2.45) is 0 Å². The first-order valence-corrected chi connectivity index (χ1v) is 6.15. The average molecular weight is 251 g/mol. The summed E-state index contributed by atoms with van der Waals surface area (Å²) in [5.41, 5.74) is 2.93. The fraction of sp³-hybridized carbons (Fsp3) is 0.357. The van der Waals surface area contributed by atoms with Crippen LogP contribution in [0.15, 0.2) is 23.8 Å². The first-order valence-electron chi connectivity index (χ1n) is 5.77. The number of hydrogen-bond donors (Lipinski definition) is 0. The van der Waals surface area contributed by atoms with Crippen molar-refractivity contribution >= 4 is 23.5 Å². The zero-order valence-electron chi connectivity index (χ0n) is 9.83. The molecule has 2 rings (SSSR count). The molecule has 0 bridgehead atoms. The summed E-state index contributed by atoms with van der Waals surface area (Å²) in [6, 6.07) is 5.53. The smallest absolute Gasteiger partial charge is 0.146 e. The first-order chi connectivity index (χ1) is 8.26. The van der Waals surface area contributed by atoms with Crippen molar-refractivity contribution < 1.29 is 9.53 Å². The average Bonchev–Trinajstić information content (AvgIpc) is 2.38. The third-order valence-corrected chi connectivity index (χ3v) is 3.37. The zero-order valence-corrected chi connectivity index (χ0v) is 10.6. The largest absolute Gasteiger partial charge is 0.496 e. The van der Waals surface area contributed by atoms with Crippen LogP contribution in [0.5, 0.6) is 5.75 Å². The topological polar surface area (TPSA) is 26.3 Å². The normalized spacial score (nSPS) is 15.9. The number of methoxy groups -OCH3 is 1. The Labute approximate surface area is 106 Å². The lowest BCUT2D eigenvalue weighted by Gasteiger charge is -2.19. The van der Waals surface area contributed by atoms with Gasteiger partial charge in [0.1, 0.15) is 12.0 Å².